The fraction of sp³-hybridized carbons (Fsp3) is 0.200. The van der Waals surface area contributed by atoms with Crippen molar-refractivity contribution < 1.29 is 23.0 Å². The quantitative estimate of drug-likeness (QED) is 0.906. The SMILES string of the molecule is COc1ccc(Cl)cc1C(O)c1ccc(C(F)(F)F)cc1. The van der Waals surface area contributed by atoms with E-state index in [-0.39, 0.29) is 0 Å². The summed E-state index contributed by atoms with van der Waals surface area (Å²) < 4.78 is 42.7. The minimum absolute atomic E-state index is 0.323. The number of benzene rings is 2. The summed E-state index contributed by atoms with van der Waals surface area (Å²) >= 11 is 5.87. The van der Waals surface area contributed by atoms with Crippen molar-refractivity contribution >= 4 is 11.6 Å². The summed E-state index contributed by atoms with van der Waals surface area (Å²) in [6, 6.07) is 9.02. The maximum atomic E-state index is 12.5. The van der Waals surface area contributed by atoms with Gasteiger partial charge in [0.25, 0.3) is 0 Å². The normalized spacial score (nSPS) is 13.0. The van der Waals surface area contributed by atoms with E-state index in [9.17, 15) is 18.3 Å². The van der Waals surface area contributed by atoms with Crippen LogP contribution in [0.3, 0.4) is 0 Å². The molecule has 0 aromatic heterocycles. The number of methoxy groups -OCH3 is 1. The van der Waals surface area contributed by atoms with Crippen LogP contribution in [0.15, 0.2) is 42.5 Å². The van der Waals surface area contributed by atoms with Gasteiger partial charge in [-0.1, -0.05) is 23.7 Å². The summed E-state index contributed by atoms with van der Waals surface area (Å²) in [6.07, 6.45) is -5.53. The average Bonchev–Trinajstić information content (AvgIpc) is 2.45. The van der Waals surface area contributed by atoms with Crippen LogP contribution in [-0.2, 0) is 6.18 Å². The molecule has 2 aromatic carbocycles. The van der Waals surface area contributed by atoms with E-state index in [2.05, 4.69) is 0 Å². The molecule has 1 atom stereocenters. The molecule has 0 amide bonds. The molecule has 0 saturated heterocycles. The first-order valence-corrected chi connectivity index (χ1v) is 6.39. The molecule has 0 aliphatic heterocycles. The highest BCUT2D eigenvalue weighted by Gasteiger charge is 2.30. The summed E-state index contributed by atoms with van der Waals surface area (Å²) in [5.41, 5.74) is -0.0511. The first-order chi connectivity index (χ1) is 9.82. The molecule has 0 aliphatic carbocycles. The van der Waals surface area contributed by atoms with Crippen LogP contribution < -0.4 is 4.74 Å². The number of aliphatic hydroxyl groups is 1. The van der Waals surface area contributed by atoms with E-state index in [0.717, 1.165) is 12.1 Å². The Kier molecular flexibility index (Phi) is 4.44. The summed E-state index contributed by atoms with van der Waals surface area (Å²) in [5.74, 6) is 0.409. The van der Waals surface area contributed by atoms with Crippen LogP contribution in [0.25, 0.3) is 0 Å². The van der Waals surface area contributed by atoms with Crippen LogP contribution in [-0.4, -0.2) is 12.2 Å². The summed E-state index contributed by atoms with van der Waals surface area (Å²) in [5, 5.41) is 10.7. The van der Waals surface area contributed by atoms with Gasteiger partial charge in [0.05, 0.1) is 12.7 Å². The first kappa shape index (κ1) is 15.7. The molecule has 0 bridgehead atoms. The van der Waals surface area contributed by atoms with E-state index in [0.29, 0.717) is 21.9 Å². The molecule has 112 valence electrons. The third kappa shape index (κ3) is 3.49. The number of aliphatic hydroxyl groups excluding tert-OH is 1. The van der Waals surface area contributed by atoms with E-state index < -0.39 is 17.8 Å². The van der Waals surface area contributed by atoms with Crippen molar-refractivity contribution in [3.8, 4) is 5.75 Å². The maximum Gasteiger partial charge on any atom is 0.416 e. The number of rotatable bonds is 3. The molecule has 6 heteroatoms. The van der Waals surface area contributed by atoms with Gasteiger partial charge >= 0.3 is 6.18 Å². The van der Waals surface area contributed by atoms with Crippen LogP contribution in [0.5, 0.6) is 5.75 Å². The van der Waals surface area contributed by atoms with Gasteiger partial charge < -0.3 is 9.84 Å². The summed E-state index contributed by atoms with van der Waals surface area (Å²) in [4.78, 5) is 0. The highest BCUT2D eigenvalue weighted by Crippen LogP contribution is 2.34. The molecule has 0 spiro atoms. The number of alkyl halides is 3. The smallest absolute Gasteiger partial charge is 0.416 e. The van der Waals surface area contributed by atoms with Crippen LogP contribution in [0.4, 0.5) is 13.2 Å². The van der Waals surface area contributed by atoms with Gasteiger partial charge in [0.15, 0.2) is 0 Å². The Morgan fingerprint density at radius 3 is 2.24 bits per heavy atom. The topological polar surface area (TPSA) is 29.5 Å². The van der Waals surface area contributed by atoms with Gasteiger partial charge in [-0.3, -0.25) is 0 Å². The second kappa shape index (κ2) is 5.95. The molecule has 2 aromatic rings. The fourth-order valence-electron chi connectivity index (χ4n) is 1.95. The zero-order valence-electron chi connectivity index (χ0n) is 11.0. The summed E-state index contributed by atoms with van der Waals surface area (Å²) in [7, 11) is 1.44. The van der Waals surface area contributed by atoms with E-state index >= 15 is 0 Å². The Balaban J connectivity index is 2.36. The lowest BCUT2D eigenvalue weighted by Gasteiger charge is -2.16. The maximum absolute atomic E-state index is 12.5. The summed E-state index contributed by atoms with van der Waals surface area (Å²) in [6.45, 7) is 0. The lowest BCUT2D eigenvalue weighted by atomic mass is 9.99. The zero-order valence-corrected chi connectivity index (χ0v) is 11.7. The molecule has 0 heterocycles. The third-order valence-corrected chi connectivity index (χ3v) is 3.28. The second-order valence-corrected chi connectivity index (χ2v) is 4.85. The molecule has 1 unspecified atom stereocenters. The van der Waals surface area contributed by atoms with Crippen molar-refractivity contribution in [1.29, 1.82) is 0 Å². The zero-order chi connectivity index (χ0) is 15.6. The number of ether oxygens (including phenoxy) is 1. The van der Waals surface area contributed by atoms with Gasteiger partial charge in [-0.15, -0.1) is 0 Å². The Hall–Kier alpha value is -1.72. The van der Waals surface area contributed by atoms with Crippen molar-refractivity contribution in [2.24, 2.45) is 0 Å². The van der Waals surface area contributed by atoms with Gasteiger partial charge in [-0.25, -0.2) is 0 Å². The lowest BCUT2D eigenvalue weighted by Crippen LogP contribution is -2.06. The predicted octanol–water partition coefficient (Wildman–Crippen LogP) is 4.45. The highest BCUT2D eigenvalue weighted by molar-refractivity contribution is 6.30. The molecule has 21 heavy (non-hydrogen) atoms. The lowest BCUT2D eigenvalue weighted by molar-refractivity contribution is -0.137. The van der Waals surface area contributed by atoms with Crippen molar-refractivity contribution in [3.63, 3.8) is 0 Å². The molecule has 0 radical (unpaired) electrons. The second-order valence-electron chi connectivity index (χ2n) is 4.41. The van der Waals surface area contributed by atoms with E-state index in [1.54, 1.807) is 12.1 Å². The van der Waals surface area contributed by atoms with Gasteiger partial charge in [-0.05, 0) is 35.9 Å². The number of hydrogen-bond donors (Lipinski definition) is 1. The molecular weight excluding hydrogens is 305 g/mol. The third-order valence-electron chi connectivity index (χ3n) is 3.04. The van der Waals surface area contributed by atoms with Crippen molar-refractivity contribution in [2.75, 3.05) is 7.11 Å². The average molecular weight is 317 g/mol. The van der Waals surface area contributed by atoms with Crippen LogP contribution in [0, 0.1) is 0 Å². The van der Waals surface area contributed by atoms with Gasteiger partial charge in [0, 0.05) is 10.6 Å². The predicted molar refractivity (Wildman–Crippen MR) is 73.5 cm³/mol. The fourth-order valence-corrected chi connectivity index (χ4v) is 2.13. The van der Waals surface area contributed by atoms with Crippen molar-refractivity contribution in [3.05, 3.63) is 64.2 Å². The van der Waals surface area contributed by atoms with Crippen molar-refractivity contribution in [1.82, 2.24) is 0 Å². The Morgan fingerprint density at radius 1 is 1.10 bits per heavy atom. The molecule has 1 N–H and O–H groups in total. The molecule has 0 aliphatic rings. The van der Waals surface area contributed by atoms with Gasteiger partial charge in [-0.2, -0.15) is 13.2 Å². The van der Waals surface area contributed by atoms with Crippen molar-refractivity contribution in [2.45, 2.75) is 12.3 Å². The molecule has 0 fully saturated rings. The van der Waals surface area contributed by atoms with E-state index in [4.69, 9.17) is 16.3 Å². The van der Waals surface area contributed by atoms with Gasteiger partial charge in [0.2, 0.25) is 0 Å². The molecule has 2 nitrogen and oxygen atoms in total. The van der Waals surface area contributed by atoms with Crippen LogP contribution in [0.1, 0.15) is 22.8 Å². The van der Waals surface area contributed by atoms with Crippen LogP contribution >= 0.6 is 11.6 Å². The largest absolute Gasteiger partial charge is 0.496 e. The minimum Gasteiger partial charge on any atom is -0.496 e. The minimum atomic E-state index is -4.41. The van der Waals surface area contributed by atoms with E-state index in [1.165, 1.54) is 25.3 Å². The van der Waals surface area contributed by atoms with Gasteiger partial charge in [0.1, 0.15) is 11.9 Å². The number of hydrogen-bond acceptors (Lipinski definition) is 2. The first-order valence-electron chi connectivity index (χ1n) is 6.01. The Bertz CT molecular complexity index is 624. The standard InChI is InChI=1S/C15H12ClF3O2/c1-21-13-7-6-11(16)8-12(13)14(20)9-2-4-10(5-3-9)15(17,18)19/h2-8,14,20H,1H3. The molecule has 2 rings (SSSR count). The van der Waals surface area contributed by atoms with Crippen LogP contribution in [0.2, 0.25) is 5.02 Å². The molecule has 0 saturated carbocycles. The number of halogens is 4. The van der Waals surface area contributed by atoms with E-state index in [1.807, 2.05) is 0 Å². The Morgan fingerprint density at radius 2 is 1.71 bits per heavy atom. The highest BCUT2D eigenvalue weighted by atomic mass is 35.5. The monoisotopic (exact) mass is 316 g/mol. The molecular formula is C15H12ClF3O2. The Labute approximate surface area is 124 Å².